The summed E-state index contributed by atoms with van der Waals surface area (Å²) >= 11 is 0. The Morgan fingerprint density at radius 2 is 1.13 bits per heavy atom. The molecular weight excluding hydrogens is 911 g/mol. The first-order valence-electron chi connectivity index (χ1n) is 21.5. The van der Waals surface area contributed by atoms with Crippen LogP contribution in [0.4, 0.5) is 0 Å². The molecule has 1 aromatic heterocycles. The molecule has 1 radical (unpaired) electrons. The topological polar surface area (TPSA) is 50.2 Å². The first-order valence-corrected chi connectivity index (χ1v) is 21.5. The maximum Gasteiger partial charge on any atom is 0.162 e. The van der Waals surface area contributed by atoms with Crippen molar-refractivity contribution in [3.8, 4) is 66.9 Å². The van der Waals surface area contributed by atoms with Crippen LogP contribution in [0.2, 0.25) is 0 Å². The van der Waals surface area contributed by atoms with Gasteiger partial charge in [-0.1, -0.05) is 152 Å². The van der Waals surface area contributed by atoms with Crippen LogP contribution in [0.25, 0.3) is 77.7 Å². The van der Waals surface area contributed by atoms with Gasteiger partial charge >= 0.3 is 0 Å². The Bertz CT molecular complexity index is 2640. The molecule has 8 rings (SSSR count). The van der Waals surface area contributed by atoms with Gasteiger partial charge in [0.05, 0.1) is 5.76 Å². The molecule has 6 aromatic carbocycles. The summed E-state index contributed by atoms with van der Waals surface area (Å²) in [6, 6.07) is 50.4. The second-order valence-electron chi connectivity index (χ2n) is 16.2. The van der Waals surface area contributed by atoms with Crippen molar-refractivity contribution in [1.82, 2.24) is 4.98 Å². The van der Waals surface area contributed by atoms with Gasteiger partial charge in [-0.15, -0.1) is 34.9 Å². The fourth-order valence-corrected chi connectivity index (χ4v) is 8.60. The van der Waals surface area contributed by atoms with Crippen molar-refractivity contribution in [2.24, 2.45) is 11.8 Å². The summed E-state index contributed by atoms with van der Waals surface area (Å²) in [5, 5.41) is 12.1. The molecule has 1 heterocycles. The number of fused-ring (bicyclic) bond motifs is 9. The van der Waals surface area contributed by atoms with E-state index in [2.05, 4.69) is 154 Å². The molecule has 0 bridgehead atoms. The molecule has 1 N–H and O–H groups in total. The van der Waals surface area contributed by atoms with Gasteiger partial charge in [0.2, 0.25) is 0 Å². The Morgan fingerprint density at radius 3 is 1.65 bits per heavy atom. The zero-order valence-electron chi connectivity index (χ0n) is 36.0. The van der Waals surface area contributed by atoms with Crippen molar-refractivity contribution < 1.29 is 30.0 Å². The van der Waals surface area contributed by atoms with Crippen LogP contribution in [0.5, 0.6) is 0 Å². The molecule has 0 fully saturated rings. The van der Waals surface area contributed by atoms with Crippen LogP contribution >= 0.6 is 0 Å². The minimum absolute atomic E-state index is 0. The van der Waals surface area contributed by atoms with Gasteiger partial charge in [-0.25, -0.2) is 0 Å². The average Bonchev–Trinajstić information content (AvgIpc) is 3.26. The summed E-state index contributed by atoms with van der Waals surface area (Å²) in [7, 11) is 0. The van der Waals surface area contributed by atoms with Crippen molar-refractivity contribution in [3.05, 3.63) is 163 Å². The largest absolute Gasteiger partial charge is 0.512 e. The molecule has 3 nitrogen and oxygen atoms in total. The third kappa shape index (κ3) is 9.16. The molecule has 0 amide bonds. The van der Waals surface area contributed by atoms with Gasteiger partial charge in [-0.05, 0) is 116 Å². The number of aryl methyl sites for hydroxylation is 1. The average molecular weight is 967 g/mol. The van der Waals surface area contributed by atoms with Gasteiger partial charge < -0.3 is 10.1 Å². The predicted octanol–water partition coefficient (Wildman–Crippen LogP) is 15.6. The fourth-order valence-electron chi connectivity index (χ4n) is 8.60. The smallest absolute Gasteiger partial charge is 0.162 e. The number of allylic oxidation sites excluding steroid dienone is 2. The second kappa shape index (κ2) is 19.8. The van der Waals surface area contributed by atoms with Gasteiger partial charge in [0, 0.05) is 44.2 Å². The molecule has 1 aliphatic carbocycles. The number of aliphatic hydroxyl groups excluding tert-OH is 1. The van der Waals surface area contributed by atoms with E-state index in [0.717, 1.165) is 47.9 Å². The maximum atomic E-state index is 11.7. The van der Waals surface area contributed by atoms with Crippen molar-refractivity contribution in [2.75, 3.05) is 0 Å². The fraction of sp³-hybridized carbons (Fsp3) is 0.250. The van der Waals surface area contributed by atoms with Gasteiger partial charge in [-0.2, -0.15) is 0 Å². The van der Waals surface area contributed by atoms with Crippen molar-refractivity contribution in [1.29, 1.82) is 0 Å². The van der Waals surface area contributed by atoms with Crippen LogP contribution in [-0.2, 0) is 24.9 Å². The number of aliphatic hydroxyl groups is 1. The Labute approximate surface area is 371 Å². The maximum absolute atomic E-state index is 11.7. The standard InChI is InChI=1S/C43H32N.C13H24O2.Ir/c1-27(2)29-16-18-34-31(24-29)20-21-44-43(34)33-23-28(3)22-32(25-33)30-17-19-41-39-14-7-6-12-37(39)35-10-4-5-11-36(35)38-13-8-9-15-40(38)42(41)26-30;1-5-10(6-2)12(14)9-13(15)11(7-3)8-4;/h4-22,24-27H,1-3H3;9-11,14H,5-8H2,1-4H3;/q-1;;/b;12-9-;. The van der Waals surface area contributed by atoms with E-state index >= 15 is 0 Å². The number of hydrogen-bond acceptors (Lipinski definition) is 3. The van der Waals surface area contributed by atoms with E-state index in [9.17, 15) is 9.90 Å². The summed E-state index contributed by atoms with van der Waals surface area (Å²) < 4.78 is 0. The molecule has 0 spiro atoms. The monoisotopic (exact) mass is 967 g/mol. The number of benzene rings is 6. The number of carbonyl (C=O) groups is 1. The van der Waals surface area contributed by atoms with E-state index in [1.54, 1.807) is 0 Å². The Balaban J connectivity index is 0.000000325. The molecule has 0 saturated heterocycles. The predicted molar refractivity (Wildman–Crippen MR) is 249 cm³/mol. The third-order valence-corrected chi connectivity index (χ3v) is 12.1. The van der Waals surface area contributed by atoms with E-state index in [1.807, 2.05) is 33.9 Å². The summed E-state index contributed by atoms with van der Waals surface area (Å²) in [6.07, 6.45) is 6.83. The Morgan fingerprint density at radius 1 is 0.617 bits per heavy atom. The van der Waals surface area contributed by atoms with Gasteiger partial charge in [-0.3, -0.25) is 4.79 Å². The quantitative estimate of drug-likeness (QED) is 0.0844. The van der Waals surface area contributed by atoms with E-state index in [1.165, 1.54) is 72.7 Å². The molecule has 0 atom stereocenters. The Kier molecular flexibility index (Phi) is 14.5. The molecule has 0 saturated carbocycles. The van der Waals surface area contributed by atoms with E-state index < -0.39 is 0 Å². The number of pyridine rings is 1. The summed E-state index contributed by atoms with van der Waals surface area (Å²) in [4.78, 5) is 16.6. The molecule has 307 valence electrons. The van der Waals surface area contributed by atoms with Crippen LogP contribution in [0.15, 0.2) is 145 Å². The molecule has 0 unspecified atom stereocenters. The zero-order valence-corrected chi connectivity index (χ0v) is 38.4. The molecule has 0 aliphatic heterocycles. The zero-order chi connectivity index (χ0) is 41.6. The number of hydrogen-bond donors (Lipinski definition) is 1. The molecule has 7 aromatic rings. The number of rotatable bonds is 10. The molecular formula is C56H56IrNO2-. The van der Waals surface area contributed by atoms with Crippen LogP contribution in [0.3, 0.4) is 0 Å². The molecule has 4 heteroatoms. The van der Waals surface area contributed by atoms with Gasteiger partial charge in [0.25, 0.3) is 0 Å². The van der Waals surface area contributed by atoms with E-state index in [0.29, 0.717) is 5.92 Å². The number of aromatic nitrogens is 1. The Hall–Kier alpha value is -5.41. The van der Waals surface area contributed by atoms with Crippen molar-refractivity contribution >= 4 is 16.6 Å². The summed E-state index contributed by atoms with van der Waals surface area (Å²) in [5.74, 6) is 1.03. The summed E-state index contributed by atoms with van der Waals surface area (Å²) in [6.45, 7) is 14.7. The van der Waals surface area contributed by atoms with Crippen LogP contribution < -0.4 is 0 Å². The molecule has 60 heavy (non-hydrogen) atoms. The minimum Gasteiger partial charge on any atom is -0.512 e. The van der Waals surface area contributed by atoms with Crippen LogP contribution in [0.1, 0.15) is 84.3 Å². The normalized spacial score (nSPS) is 11.7. The van der Waals surface area contributed by atoms with Gasteiger partial charge in [0.1, 0.15) is 0 Å². The first-order chi connectivity index (χ1) is 28.6. The van der Waals surface area contributed by atoms with Crippen LogP contribution in [-0.4, -0.2) is 15.9 Å². The van der Waals surface area contributed by atoms with E-state index in [4.69, 9.17) is 4.98 Å². The number of carbonyl (C=O) groups excluding carboxylic acids is 1. The third-order valence-electron chi connectivity index (χ3n) is 12.1. The first kappa shape index (κ1) is 44.1. The summed E-state index contributed by atoms with van der Waals surface area (Å²) in [5.41, 5.74) is 16.9. The van der Waals surface area contributed by atoms with Crippen molar-refractivity contribution in [2.45, 2.75) is 80.1 Å². The SMILES string of the molecule is CCC(CC)C(=O)/C=C(\O)C(CC)CC.Cc1[c-]c(-c2nccc3cc(C(C)C)ccc23)cc(-c2ccc3c(c2)-c2ccccc2-c2ccccc2-c2ccccc2-3)c1.[Ir]. The molecule has 1 aliphatic rings. The van der Waals surface area contributed by atoms with Crippen molar-refractivity contribution in [3.63, 3.8) is 0 Å². The minimum atomic E-state index is 0. The number of ketones is 1. The number of nitrogens with zero attached hydrogens (tertiary/aromatic N) is 1. The second-order valence-corrected chi connectivity index (χ2v) is 16.2. The van der Waals surface area contributed by atoms with E-state index in [-0.39, 0.29) is 43.5 Å². The van der Waals surface area contributed by atoms with Gasteiger partial charge in [0.15, 0.2) is 5.78 Å². The van der Waals surface area contributed by atoms with Crippen LogP contribution in [0, 0.1) is 24.8 Å².